The molecule has 10 heteroatoms. The minimum atomic E-state index is -2.17. The fraction of sp³-hybridized carbons (Fsp3) is 0.643. The molecule has 3 rings (SSSR count). The Morgan fingerprint density at radius 2 is 2.38 bits per heavy atom. The van der Waals surface area contributed by atoms with Crippen LogP contribution in [-0.4, -0.2) is 51.4 Å². The number of nitrogens with two attached hydrogens (primary N) is 1. The smallest absolute Gasteiger partial charge is 0.432 e. The lowest BCUT2D eigenvalue weighted by Crippen LogP contribution is -2.40. The van der Waals surface area contributed by atoms with E-state index in [1.54, 1.807) is 13.8 Å². The number of carbonyl (C=O) groups excluding carboxylic acids is 1. The molecule has 9 nitrogen and oxygen atoms in total. The monoisotopic (exact) mass is 343 g/mol. The number of anilines is 1. The maximum atomic E-state index is 15.3. The van der Waals surface area contributed by atoms with Crippen LogP contribution >= 0.6 is 0 Å². The number of nitrogens with zero attached hydrogens (tertiary/aromatic N) is 2. The minimum Gasteiger partial charge on any atom is -0.432 e. The summed E-state index contributed by atoms with van der Waals surface area (Å²) in [5.74, 6) is -0.0113. The number of alkyl halides is 1. The molecule has 1 aromatic heterocycles. The molecule has 2 aliphatic rings. The van der Waals surface area contributed by atoms with Gasteiger partial charge < -0.3 is 25.1 Å². The molecule has 24 heavy (non-hydrogen) atoms. The van der Waals surface area contributed by atoms with E-state index in [0.29, 0.717) is 0 Å². The fourth-order valence-electron chi connectivity index (χ4n) is 3.03. The van der Waals surface area contributed by atoms with Gasteiger partial charge in [-0.05, 0) is 19.9 Å². The number of carbonyl (C=O) groups is 1. The summed E-state index contributed by atoms with van der Waals surface area (Å²) >= 11 is 0. The van der Waals surface area contributed by atoms with Gasteiger partial charge in [-0.15, -0.1) is 0 Å². The van der Waals surface area contributed by atoms with Crippen molar-refractivity contribution < 1.29 is 28.5 Å². The van der Waals surface area contributed by atoms with E-state index >= 15 is 4.39 Å². The van der Waals surface area contributed by atoms with E-state index in [2.05, 4.69) is 4.98 Å². The number of aromatic nitrogens is 2. The third-order valence-electron chi connectivity index (χ3n) is 4.11. The van der Waals surface area contributed by atoms with Crippen molar-refractivity contribution in [3.05, 3.63) is 22.7 Å². The molecule has 0 spiro atoms. The highest BCUT2D eigenvalue weighted by atomic mass is 19.1. The molecular weight excluding hydrogens is 325 g/mol. The number of aliphatic hydroxyl groups is 1. The molecule has 3 N–H and O–H groups in total. The maximum absolute atomic E-state index is 15.3. The lowest BCUT2D eigenvalue weighted by Gasteiger charge is -2.21. The molecular formula is C14H18FN3O6. The van der Waals surface area contributed by atoms with Crippen molar-refractivity contribution in [1.29, 1.82) is 0 Å². The first-order valence-electron chi connectivity index (χ1n) is 7.44. The first-order valence-corrected chi connectivity index (χ1v) is 7.44. The molecule has 1 aliphatic heterocycles. The zero-order valence-corrected chi connectivity index (χ0v) is 13.1. The van der Waals surface area contributed by atoms with Crippen LogP contribution in [0.1, 0.15) is 20.3 Å². The van der Waals surface area contributed by atoms with Gasteiger partial charge in [-0.2, -0.15) is 4.98 Å². The molecule has 2 fully saturated rings. The molecule has 4 atom stereocenters. The number of aliphatic hydroxyl groups excluding tert-OH is 1. The molecule has 1 aliphatic carbocycles. The first-order chi connectivity index (χ1) is 11.2. The van der Waals surface area contributed by atoms with Gasteiger partial charge in [-0.3, -0.25) is 4.57 Å². The van der Waals surface area contributed by atoms with Crippen molar-refractivity contribution in [2.75, 3.05) is 12.3 Å². The summed E-state index contributed by atoms with van der Waals surface area (Å²) in [5.41, 5.74) is 0.781. The molecule has 2 heterocycles. The van der Waals surface area contributed by atoms with Gasteiger partial charge in [0.05, 0.1) is 12.7 Å². The van der Waals surface area contributed by atoms with Gasteiger partial charge in [0.25, 0.3) is 0 Å². The van der Waals surface area contributed by atoms with Gasteiger partial charge in [-0.25, -0.2) is 14.0 Å². The Balaban J connectivity index is 1.89. The zero-order valence-electron chi connectivity index (χ0n) is 13.1. The highest BCUT2D eigenvalue weighted by Crippen LogP contribution is 2.66. The summed E-state index contributed by atoms with van der Waals surface area (Å²) in [7, 11) is 0. The number of hydrogen-bond donors (Lipinski definition) is 2. The van der Waals surface area contributed by atoms with E-state index in [4.69, 9.17) is 19.9 Å². The number of ether oxygens (including phenoxy) is 3. The van der Waals surface area contributed by atoms with Gasteiger partial charge in [-0.1, -0.05) is 0 Å². The van der Waals surface area contributed by atoms with E-state index in [0.717, 1.165) is 4.57 Å². The quantitative estimate of drug-likeness (QED) is 0.727. The average Bonchev–Trinajstić information content (AvgIpc) is 3.01. The zero-order chi connectivity index (χ0) is 17.7. The van der Waals surface area contributed by atoms with Crippen LogP contribution in [0.5, 0.6) is 0 Å². The topological polar surface area (TPSA) is 126 Å². The van der Waals surface area contributed by atoms with Crippen molar-refractivity contribution in [2.45, 2.75) is 50.0 Å². The number of nitrogen functional groups attached to an aromatic ring is 1. The van der Waals surface area contributed by atoms with Gasteiger partial charge in [0.1, 0.15) is 11.9 Å². The molecule has 0 amide bonds. The standard InChI is InChI=1S/C14H18FN3O6/c1-7(2)22-12(21)23-10-8(5-19)24-14(6-13(10,14)15)18-4-3-9(16)17-11(18)20/h3-4,7-8,10,19H,5-6H2,1-2H3,(H2,16,17,20)/t8-,10?,13?,14-/m1/s1. The van der Waals surface area contributed by atoms with E-state index in [-0.39, 0.29) is 12.2 Å². The average molecular weight is 343 g/mol. The van der Waals surface area contributed by atoms with E-state index < -0.39 is 48.2 Å². The number of fused-ring (bicyclic) bond motifs is 1. The van der Waals surface area contributed by atoms with Crippen LogP contribution in [-0.2, 0) is 19.9 Å². The number of halogens is 1. The lowest BCUT2D eigenvalue weighted by molar-refractivity contribution is -0.0983. The Hall–Kier alpha value is -2.20. The van der Waals surface area contributed by atoms with Gasteiger partial charge >= 0.3 is 11.8 Å². The summed E-state index contributed by atoms with van der Waals surface area (Å²) in [5, 5.41) is 9.41. The van der Waals surface area contributed by atoms with Crippen molar-refractivity contribution in [2.24, 2.45) is 0 Å². The van der Waals surface area contributed by atoms with Crippen LogP contribution < -0.4 is 11.4 Å². The SMILES string of the molecule is CC(C)OC(=O)OC1[C@@H](CO)O[C@]2(n3ccc(N)nc3=O)CC12F. The third-order valence-corrected chi connectivity index (χ3v) is 4.11. The van der Waals surface area contributed by atoms with Crippen LogP contribution in [0.15, 0.2) is 17.1 Å². The van der Waals surface area contributed by atoms with Gasteiger partial charge in [0.15, 0.2) is 11.8 Å². The molecule has 1 aromatic rings. The summed E-state index contributed by atoms with van der Waals surface area (Å²) in [6, 6.07) is 1.33. The normalized spacial score (nSPS) is 34.0. The Bertz CT molecular complexity index is 725. The highest BCUT2D eigenvalue weighted by Gasteiger charge is 2.84. The molecule has 1 saturated carbocycles. The fourth-order valence-corrected chi connectivity index (χ4v) is 3.03. The summed E-state index contributed by atoms with van der Waals surface area (Å²) < 4.78 is 31.6. The molecule has 0 aromatic carbocycles. The predicted octanol–water partition coefficient (Wildman–Crippen LogP) is -0.0884. The molecule has 0 bridgehead atoms. The van der Waals surface area contributed by atoms with Crippen LogP contribution in [0, 0.1) is 0 Å². The predicted molar refractivity (Wildman–Crippen MR) is 77.8 cm³/mol. The summed E-state index contributed by atoms with van der Waals surface area (Å²) in [6.45, 7) is 2.63. The Labute approximate surface area is 136 Å². The maximum Gasteiger partial charge on any atom is 0.509 e. The van der Waals surface area contributed by atoms with Crippen molar-refractivity contribution in [3.8, 4) is 0 Å². The van der Waals surface area contributed by atoms with Crippen LogP contribution in [0.4, 0.5) is 15.0 Å². The van der Waals surface area contributed by atoms with E-state index in [9.17, 15) is 14.7 Å². The molecule has 132 valence electrons. The van der Waals surface area contributed by atoms with Crippen molar-refractivity contribution in [3.63, 3.8) is 0 Å². The molecule has 2 unspecified atom stereocenters. The second kappa shape index (κ2) is 5.42. The Kier molecular flexibility index (Phi) is 3.76. The third kappa shape index (κ3) is 2.33. The van der Waals surface area contributed by atoms with E-state index in [1.165, 1.54) is 12.3 Å². The van der Waals surface area contributed by atoms with Gasteiger partial charge in [0, 0.05) is 12.6 Å². The summed E-state index contributed by atoms with van der Waals surface area (Å²) in [4.78, 5) is 27.2. The number of hydrogen-bond acceptors (Lipinski definition) is 8. The second-order valence-electron chi connectivity index (χ2n) is 6.12. The van der Waals surface area contributed by atoms with Crippen LogP contribution in [0.2, 0.25) is 0 Å². The van der Waals surface area contributed by atoms with Crippen LogP contribution in [0.25, 0.3) is 0 Å². The van der Waals surface area contributed by atoms with Crippen LogP contribution in [0.3, 0.4) is 0 Å². The summed E-state index contributed by atoms with van der Waals surface area (Å²) in [6.07, 6.45) is -3.02. The lowest BCUT2D eigenvalue weighted by atomic mass is 10.1. The first kappa shape index (κ1) is 16.7. The Morgan fingerprint density at radius 3 is 2.96 bits per heavy atom. The highest BCUT2D eigenvalue weighted by molar-refractivity contribution is 5.61. The van der Waals surface area contributed by atoms with Crippen molar-refractivity contribution >= 4 is 12.0 Å². The number of rotatable bonds is 4. The van der Waals surface area contributed by atoms with E-state index in [1.807, 2.05) is 0 Å². The minimum absolute atomic E-state index is 0.0113. The second-order valence-corrected chi connectivity index (χ2v) is 6.12. The molecule has 1 saturated heterocycles. The Morgan fingerprint density at radius 1 is 1.67 bits per heavy atom. The van der Waals surface area contributed by atoms with Crippen molar-refractivity contribution in [1.82, 2.24) is 9.55 Å². The molecule has 0 radical (unpaired) electrons. The van der Waals surface area contributed by atoms with Gasteiger partial charge in [0.2, 0.25) is 5.67 Å². The largest absolute Gasteiger partial charge is 0.509 e.